The van der Waals surface area contributed by atoms with Gasteiger partial charge in [-0.15, -0.1) is 0 Å². The molecule has 1 aromatic heterocycles. The Morgan fingerprint density at radius 2 is 2.00 bits per heavy atom. The Morgan fingerprint density at radius 3 is 2.65 bits per heavy atom. The lowest BCUT2D eigenvalue weighted by Gasteiger charge is -2.08. The molecular weight excluding hydrogens is 282 g/mol. The van der Waals surface area contributed by atoms with E-state index in [1.807, 2.05) is 6.92 Å². The van der Waals surface area contributed by atoms with Gasteiger partial charge in [0.05, 0.1) is 23.6 Å². The smallest absolute Gasteiger partial charge is 0.306 e. The minimum atomic E-state index is -3.71. The van der Waals surface area contributed by atoms with Crippen LogP contribution in [0, 0.1) is 0 Å². The Labute approximate surface area is 116 Å². The maximum Gasteiger partial charge on any atom is 0.306 e. The van der Waals surface area contributed by atoms with Crippen molar-refractivity contribution in [1.29, 1.82) is 0 Å². The third-order valence-electron chi connectivity index (χ3n) is 2.58. The minimum Gasteiger partial charge on any atom is -0.382 e. The molecule has 0 saturated heterocycles. The van der Waals surface area contributed by atoms with Crippen LogP contribution >= 0.6 is 0 Å². The fourth-order valence-corrected chi connectivity index (χ4v) is 2.21. The normalized spacial score (nSPS) is 11.3. The van der Waals surface area contributed by atoms with Gasteiger partial charge >= 0.3 is 10.1 Å². The molecule has 6 nitrogen and oxygen atoms in total. The lowest BCUT2D eigenvalue weighted by Crippen LogP contribution is -2.11. The number of benzene rings is 1. The van der Waals surface area contributed by atoms with E-state index in [-0.39, 0.29) is 17.1 Å². The Hall–Kier alpha value is -2.15. The highest BCUT2D eigenvalue weighted by Crippen LogP contribution is 2.24. The van der Waals surface area contributed by atoms with Crippen LogP contribution in [0.4, 0.5) is 0 Å². The molecule has 0 aliphatic heterocycles. The molecular formula is C13H13NO5S. The van der Waals surface area contributed by atoms with Gasteiger partial charge in [-0.05, 0) is 12.1 Å². The van der Waals surface area contributed by atoms with E-state index >= 15 is 0 Å². The van der Waals surface area contributed by atoms with Gasteiger partial charge in [0.1, 0.15) is 5.76 Å². The lowest BCUT2D eigenvalue weighted by atomic mass is 10.0. The van der Waals surface area contributed by atoms with Crippen LogP contribution in [0.1, 0.15) is 28.6 Å². The fraction of sp³-hybridized carbons (Fsp3) is 0.231. The van der Waals surface area contributed by atoms with E-state index in [4.69, 9.17) is 8.71 Å². The number of hydrogen-bond acceptors (Lipinski definition) is 6. The van der Waals surface area contributed by atoms with E-state index in [0.717, 1.165) is 6.26 Å². The number of aromatic nitrogens is 1. The van der Waals surface area contributed by atoms with Crippen molar-refractivity contribution in [3.63, 3.8) is 0 Å². The van der Waals surface area contributed by atoms with Crippen molar-refractivity contribution in [2.24, 2.45) is 0 Å². The summed E-state index contributed by atoms with van der Waals surface area (Å²) in [6.07, 6.45) is 2.75. The Kier molecular flexibility index (Phi) is 3.89. The highest BCUT2D eigenvalue weighted by atomic mass is 32.2. The van der Waals surface area contributed by atoms with Gasteiger partial charge in [0.15, 0.2) is 5.75 Å². The lowest BCUT2D eigenvalue weighted by molar-refractivity contribution is 0.103. The first kappa shape index (κ1) is 14.3. The summed E-state index contributed by atoms with van der Waals surface area (Å²) < 4.78 is 32.2. The number of hydrogen-bond donors (Lipinski definition) is 0. The van der Waals surface area contributed by atoms with Gasteiger partial charge < -0.3 is 8.71 Å². The van der Waals surface area contributed by atoms with E-state index in [0.29, 0.717) is 17.7 Å². The minimum absolute atomic E-state index is 0.0109. The highest BCUT2D eigenvalue weighted by Gasteiger charge is 2.21. The first-order valence-corrected chi connectivity index (χ1v) is 7.70. The fourth-order valence-electron chi connectivity index (χ4n) is 1.74. The summed E-state index contributed by atoms with van der Waals surface area (Å²) in [7, 11) is -3.71. The van der Waals surface area contributed by atoms with Gasteiger partial charge in [0.25, 0.3) is 0 Å². The van der Waals surface area contributed by atoms with Crippen LogP contribution < -0.4 is 4.18 Å². The zero-order valence-corrected chi connectivity index (χ0v) is 11.8. The van der Waals surface area contributed by atoms with Gasteiger partial charge in [-0.2, -0.15) is 8.42 Å². The van der Waals surface area contributed by atoms with Crippen LogP contribution in [0.15, 0.2) is 35.0 Å². The van der Waals surface area contributed by atoms with Crippen molar-refractivity contribution in [2.75, 3.05) is 6.26 Å². The standard InChI is InChI=1S/C13H13NO5S/c1-3-11-10(8-14-18-11)13(15)9-6-4-5-7-12(9)19-20(2,16)17/h4-8H,3H2,1-2H3. The maximum absolute atomic E-state index is 12.4. The van der Waals surface area contributed by atoms with E-state index < -0.39 is 10.1 Å². The first-order valence-electron chi connectivity index (χ1n) is 5.89. The van der Waals surface area contributed by atoms with Crippen LogP contribution in [0.25, 0.3) is 0 Å². The zero-order valence-electron chi connectivity index (χ0n) is 11.0. The third kappa shape index (κ3) is 3.05. The largest absolute Gasteiger partial charge is 0.382 e. The number of nitrogens with zero attached hydrogens (tertiary/aromatic N) is 1. The van der Waals surface area contributed by atoms with Crippen LogP contribution in [0.5, 0.6) is 5.75 Å². The molecule has 2 rings (SSSR count). The molecule has 0 aliphatic rings. The van der Waals surface area contributed by atoms with Crippen molar-refractivity contribution < 1.29 is 21.9 Å². The second-order valence-corrected chi connectivity index (χ2v) is 5.70. The first-order chi connectivity index (χ1) is 9.42. The molecule has 0 N–H and O–H groups in total. The molecule has 106 valence electrons. The Balaban J connectivity index is 2.45. The molecule has 0 unspecified atom stereocenters. The number of carbonyl (C=O) groups excluding carboxylic acids is 1. The molecule has 1 aromatic carbocycles. The summed E-state index contributed by atoms with van der Waals surface area (Å²) in [4.78, 5) is 12.4. The summed E-state index contributed by atoms with van der Waals surface area (Å²) in [6, 6.07) is 6.13. The molecule has 0 fully saturated rings. The van der Waals surface area contributed by atoms with Crippen molar-refractivity contribution in [1.82, 2.24) is 5.16 Å². The Morgan fingerprint density at radius 1 is 1.30 bits per heavy atom. The predicted octanol–water partition coefficient (Wildman–Crippen LogP) is 1.81. The molecule has 0 radical (unpaired) electrons. The monoisotopic (exact) mass is 295 g/mol. The molecule has 20 heavy (non-hydrogen) atoms. The van der Waals surface area contributed by atoms with Crippen molar-refractivity contribution in [2.45, 2.75) is 13.3 Å². The van der Waals surface area contributed by atoms with Crippen LogP contribution in [0.3, 0.4) is 0 Å². The van der Waals surface area contributed by atoms with E-state index in [1.165, 1.54) is 18.3 Å². The summed E-state index contributed by atoms with van der Waals surface area (Å²) in [5, 5.41) is 3.59. The van der Waals surface area contributed by atoms with Crippen molar-refractivity contribution >= 4 is 15.9 Å². The summed E-state index contributed by atoms with van der Waals surface area (Å²) in [5.74, 6) is 0.0507. The third-order valence-corrected chi connectivity index (χ3v) is 3.07. The number of para-hydroxylation sites is 1. The SMILES string of the molecule is CCc1oncc1C(=O)c1ccccc1OS(C)(=O)=O. The second-order valence-electron chi connectivity index (χ2n) is 4.13. The number of rotatable bonds is 5. The van der Waals surface area contributed by atoms with Crippen LogP contribution in [-0.4, -0.2) is 25.6 Å². The molecule has 0 aliphatic carbocycles. The quantitative estimate of drug-likeness (QED) is 0.617. The molecule has 7 heteroatoms. The summed E-state index contributed by atoms with van der Waals surface area (Å²) in [5.41, 5.74) is 0.452. The maximum atomic E-state index is 12.4. The van der Waals surface area contributed by atoms with Gasteiger partial charge in [0, 0.05) is 6.42 Å². The summed E-state index contributed by atoms with van der Waals surface area (Å²) in [6.45, 7) is 1.83. The van der Waals surface area contributed by atoms with E-state index in [9.17, 15) is 13.2 Å². The highest BCUT2D eigenvalue weighted by molar-refractivity contribution is 7.86. The molecule has 2 aromatic rings. The number of aryl methyl sites for hydroxylation is 1. The van der Waals surface area contributed by atoms with E-state index in [2.05, 4.69) is 5.16 Å². The molecule has 0 spiro atoms. The average molecular weight is 295 g/mol. The van der Waals surface area contributed by atoms with Crippen LogP contribution in [-0.2, 0) is 16.5 Å². The van der Waals surface area contributed by atoms with Crippen molar-refractivity contribution in [3.8, 4) is 5.75 Å². The predicted molar refractivity (Wildman–Crippen MR) is 71.2 cm³/mol. The zero-order chi connectivity index (χ0) is 14.8. The van der Waals surface area contributed by atoms with Gasteiger partial charge in [-0.25, -0.2) is 0 Å². The molecule has 0 saturated carbocycles. The Bertz CT molecular complexity index is 733. The van der Waals surface area contributed by atoms with Crippen LogP contribution in [0.2, 0.25) is 0 Å². The average Bonchev–Trinajstić information content (AvgIpc) is 2.85. The molecule has 0 amide bonds. The molecule has 0 bridgehead atoms. The number of carbonyl (C=O) groups is 1. The molecule has 0 atom stereocenters. The summed E-state index contributed by atoms with van der Waals surface area (Å²) >= 11 is 0. The van der Waals surface area contributed by atoms with Gasteiger partial charge in [0.2, 0.25) is 5.78 Å². The topological polar surface area (TPSA) is 86.5 Å². The van der Waals surface area contributed by atoms with Gasteiger partial charge in [-0.3, -0.25) is 4.79 Å². The van der Waals surface area contributed by atoms with E-state index in [1.54, 1.807) is 12.1 Å². The van der Waals surface area contributed by atoms with Crippen molar-refractivity contribution in [3.05, 3.63) is 47.3 Å². The number of ketones is 1. The molecule has 1 heterocycles. The second kappa shape index (κ2) is 5.46. The van der Waals surface area contributed by atoms with Gasteiger partial charge in [-0.1, -0.05) is 24.2 Å².